The standard InChI is InChI=1S/C13H14BrF2NO2/c1-19-9-3-2-8(6-9)17-13(18)12-10(15)4-7(14)5-11(12)16/h4-5,8-9H,2-3,6H2,1H3,(H,17,18). The van der Waals surface area contributed by atoms with Gasteiger partial charge in [0.1, 0.15) is 17.2 Å². The smallest absolute Gasteiger partial charge is 0.257 e. The molecule has 3 nitrogen and oxygen atoms in total. The zero-order valence-electron chi connectivity index (χ0n) is 10.4. The van der Waals surface area contributed by atoms with Crippen LogP contribution in [0.5, 0.6) is 0 Å². The molecule has 2 rings (SSSR count). The van der Waals surface area contributed by atoms with Gasteiger partial charge in [-0.2, -0.15) is 0 Å². The average molecular weight is 334 g/mol. The van der Waals surface area contributed by atoms with Crippen LogP contribution in [0.25, 0.3) is 0 Å². The fraction of sp³-hybridized carbons (Fsp3) is 0.462. The topological polar surface area (TPSA) is 38.3 Å². The number of hydrogen-bond acceptors (Lipinski definition) is 2. The molecular formula is C13H14BrF2NO2. The highest BCUT2D eigenvalue weighted by molar-refractivity contribution is 9.10. The lowest BCUT2D eigenvalue weighted by Crippen LogP contribution is -2.34. The maximum atomic E-state index is 13.6. The first kappa shape index (κ1) is 14.4. The summed E-state index contributed by atoms with van der Waals surface area (Å²) in [7, 11) is 1.61. The van der Waals surface area contributed by atoms with Gasteiger partial charge in [0.2, 0.25) is 0 Å². The molecule has 1 N–H and O–H groups in total. The largest absolute Gasteiger partial charge is 0.381 e. The third-order valence-corrected chi connectivity index (χ3v) is 3.74. The summed E-state index contributed by atoms with van der Waals surface area (Å²) in [4.78, 5) is 11.9. The van der Waals surface area contributed by atoms with Gasteiger partial charge in [0, 0.05) is 17.6 Å². The third-order valence-electron chi connectivity index (χ3n) is 3.29. The molecule has 0 aromatic heterocycles. The van der Waals surface area contributed by atoms with Crippen molar-refractivity contribution < 1.29 is 18.3 Å². The fourth-order valence-electron chi connectivity index (χ4n) is 2.30. The van der Waals surface area contributed by atoms with E-state index >= 15 is 0 Å². The fourth-order valence-corrected chi connectivity index (χ4v) is 2.70. The molecule has 19 heavy (non-hydrogen) atoms. The predicted molar refractivity (Wildman–Crippen MR) is 70.0 cm³/mol. The molecule has 0 heterocycles. The van der Waals surface area contributed by atoms with Crippen LogP contribution in [-0.2, 0) is 4.74 Å². The average Bonchev–Trinajstić information content (AvgIpc) is 2.75. The van der Waals surface area contributed by atoms with Crippen molar-refractivity contribution in [1.82, 2.24) is 5.32 Å². The lowest BCUT2D eigenvalue weighted by Gasteiger charge is -2.13. The van der Waals surface area contributed by atoms with Crippen LogP contribution in [0.1, 0.15) is 29.6 Å². The number of carbonyl (C=O) groups excluding carboxylic acids is 1. The molecule has 1 aliphatic carbocycles. The van der Waals surface area contributed by atoms with Crippen molar-refractivity contribution in [3.05, 3.63) is 33.8 Å². The van der Waals surface area contributed by atoms with E-state index in [0.29, 0.717) is 6.42 Å². The van der Waals surface area contributed by atoms with E-state index in [4.69, 9.17) is 4.74 Å². The number of nitrogens with one attached hydrogen (secondary N) is 1. The van der Waals surface area contributed by atoms with E-state index in [1.165, 1.54) is 0 Å². The molecule has 0 saturated heterocycles. The van der Waals surface area contributed by atoms with Crippen LogP contribution in [-0.4, -0.2) is 25.2 Å². The SMILES string of the molecule is COC1CCC(NC(=O)c2c(F)cc(Br)cc2F)C1. The Kier molecular flexibility index (Phi) is 4.52. The molecular weight excluding hydrogens is 320 g/mol. The highest BCUT2D eigenvalue weighted by atomic mass is 79.9. The second-order valence-electron chi connectivity index (χ2n) is 4.59. The molecule has 1 aromatic rings. The number of amides is 1. The van der Waals surface area contributed by atoms with Crippen molar-refractivity contribution in [2.75, 3.05) is 7.11 Å². The zero-order chi connectivity index (χ0) is 14.0. The van der Waals surface area contributed by atoms with Crippen molar-refractivity contribution in [3.63, 3.8) is 0 Å². The second kappa shape index (κ2) is 5.96. The minimum atomic E-state index is -0.870. The molecule has 1 fully saturated rings. The van der Waals surface area contributed by atoms with Gasteiger partial charge in [0.25, 0.3) is 5.91 Å². The van der Waals surface area contributed by atoms with Crippen LogP contribution in [0.15, 0.2) is 16.6 Å². The van der Waals surface area contributed by atoms with Gasteiger partial charge in [-0.1, -0.05) is 15.9 Å². The van der Waals surface area contributed by atoms with Crippen molar-refractivity contribution in [2.24, 2.45) is 0 Å². The second-order valence-corrected chi connectivity index (χ2v) is 5.50. The first-order chi connectivity index (χ1) is 9.01. The quantitative estimate of drug-likeness (QED) is 0.923. The summed E-state index contributed by atoms with van der Waals surface area (Å²) in [5, 5.41) is 2.65. The number of methoxy groups -OCH3 is 1. The molecule has 2 unspecified atom stereocenters. The summed E-state index contributed by atoms with van der Waals surface area (Å²) in [6.45, 7) is 0. The minimum Gasteiger partial charge on any atom is -0.381 e. The van der Waals surface area contributed by atoms with E-state index in [2.05, 4.69) is 21.2 Å². The van der Waals surface area contributed by atoms with E-state index in [1.54, 1.807) is 7.11 Å². The summed E-state index contributed by atoms with van der Waals surface area (Å²) in [5.74, 6) is -2.46. The predicted octanol–water partition coefficient (Wildman–Crippen LogP) is 3.02. The highest BCUT2D eigenvalue weighted by Gasteiger charge is 2.27. The van der Waals surface area contributed by atoms with Gasteiger partial charge >= 0.3 is 0 Å². The van der Waals surface area contributed by atoms with E-state index in [0.717, 1.165) is 25.0 Å². The Hall–Kier alpha value is -1.01. The molecule has 1 aromatic carbocycles. The number of hydrogen-bond donors (Lipinski definition) is 1. The summed E-state index contributed by atoms with van der Waals surface area (Å²) in [5.41, 5.74) is -0.538. The van der Waals surface area contributed by atoms with Gasteiger partial charge in [-0.25, -0.2) is 8.78 Å². The molecule has 0 aliphatic heterocycles. The number of rotatable bonds is 3. The Morgan fingerprint density at radius 1 is 1.37 bits per heavy atom. The van der Waals surface area contributed by atoms with Crippen LogP contribution in [0.2, 0.25) is 0 Å². The van der Waals surface area contributed by atoms with Crippen molar-refractivity contribution in [1.29, 1.82) is 0 Å². The Bertz CT molecular complexity index is 473. The van der Waals surface area contributed by atoms with Gasteiger partial charge in [-0.05, 0) is 31.4 Å². The normalized spacial score (nSPS) is 22.5. The molecule has 0 bridgehead atoms. The lowest BCUT2D eigenvalue weighted by atomic mass is 10.1. The number of carbonyl (C=O) groups is 1. The van der Waals surface area contributed by atoms with Crippen LogP contribution < -0.4 is 5.32 Å². The van der Waals surface area contributed by atoms with Gasteiger partial charge in [-0.15, -0.1) is 0 Å². The van der Waals surface area contributed by atoms with Crippen molar-refractivity contribution >= 4 is 21.8 Å². The summed E-state index contributed by atoms with van der Waals surface area (Å²) >= 11 is 2.97. The molecule has 104 valence electrons. The summed E-state index contributed by atoms with van der Waals surface area (Å²) < 4.78 is 32.7. The van der Waals surface area contributed by atoms with Crippen LogP contribution >= 0.6 is 15.9 Å². The Balaban J connectivity index is 2.09. The number of halogens is 3. The summed E-state index contributed by atoms with van der Waals surface area (Å²) in [6.07, 6.45) is 2.36. The maximum Gasteiger partial charge on any atom is 0.257 e. The minimum absolute atomic E-state index is 0.0973. The van der Waals surface area contributed by atoms with E-state index < -0.39 is 23.1 Å². The van der Waals surface area contributed by atoms with Gasteiger partial charge in [0.15, 0.2) is 0 Å². The van der Waals surface area contributed by atoms with Gasteiger partial charge in [0.05, 0.1) is 6.10 Å². The monoisotopic (exact) mass is 333 g/mol. The third kappa shape index (κ3) is 3.30. The highest BCUT2D eigenvalue weighted by Crippen LogP contribution is 2.23. The zero-order valence-corrected chi connectivity index (χ0v) is 12.0. The Morgan fingerprint density at radius 3 is 2.53 bits per heavy atom. The molecule has 0 spiro atoms. The Morgan fingerprint density at radius 2 is 2.00 bits per heavy atom. The van der Waals surface area contributed by atoms with Crippen LogP contribution in [0, 0.1) is 11.6 Å². The first-order valence-corrected chi connectivity index (χ1v) is 6.78. The number of benzene rings is 1. The molecule has 2 atom stereocenters. The molecule has 6 heteroatoms. The molecule has 0 radical (unpaired) electrons. The maximum absolute atomic E-state index is 13.6. The van der Waals surface area contributed by atoms with Gasteiger partial charge in [-0.3, -0.25) is 4.79 Å². The molecule has 1 saturated carbocycles. The van der Waals surface area contributed by atoms with Crippen LogP contribution in [0.3, 0.4) is 0 Å². The van der Waals surface area contributed by atoms with Crippen molar-refractivity contribution in [2.45, 2.75) is 31.4 Å². The van der Waals surface area contributed by atoms with E-state index in [-0.39, 0.29) is 16.6 Å². The van der Waals surface area contributed by atoms with E-state index in [9.17, 15) is 13.6 Å². The van der Waals surface area contributed by atoms with Crippen molar-refractivity contribution in [3.8, 4) is 0 Å². The summed E-state index contributed by atoms with van der Waals surface area (Å²) in [6, 6.07) is 2.05. The van der Waals surface area contributed by atoms with E-state index in [1.807, 2.05) is 0 Å². The Labute approximate surface area is 118 Å². The molecule has 1 amide bonds. The van der Waals surface area contributed by atoms with Crippen LogP contribution in [0.4, 0.5) is 8.78 Å². The van der Waals surface area contributed by atoms with Gasteiger partial charge < -0.3 is 10.1 Å². The first-order valence-electron chi connectivity index (χ1n) is 5.99. The number of ether oxygens (including phenoxy) is 1. The lowest BCUT2D eigenvalue weighted by molar-refractivity contribution is 0.0907. The molecule has 1 aliphatic rings.